The van der Waals surface area contributed by atoms with Gasteiger partial charge in [0.05, 0.1) is 5.54 Å². The second-order valence-corrected chi connectivity index (χ2v) is 4.05. The predicted octanol–water partition coefficient (Wildman–Crippen LogP) is 1.80. The first-order valence-corrected chi connectivity index (χ1v) is 4.33. The lowest BCUT2D eigenvalue weighted by Crippen LogP contribution is -2.35. The van der Waals surface area contributed by atoms with Crippen molar-refractivity contribution in [1.29, 1.82) is 0 Å². The quantitative estimate of drug-likeness (QED) is 0.713. The maximum Gasteiger partial charge on any atom is 0.0508 e. The van der Waals surface area contributed by atoms with Gasteiger partial charge in [-0.25, -0.2) is 0 Å². The molecule has 0 aliphatic heterocycles. The third-order valence-electron chi connectivity index (χ3n) is 2.30. The minimum absolute atomic E-state index is 0.0400. The summed E-state index contributed by atoms with van der Waals surface area (Å²) in [7, 11) is 0. The highest BCUT2D eigenvalue weighted by atomic mass is 15.1. The van der Waals surface area contributed by atoms with Crippen molar-refractivity contribution in [1.82, 2.24) is 4.57 Å². The second-order valence-electron chi connectivity index (χ2n) is 4.05. The number of aromatic nitrogens is 1. The Labute approximate surface area is 74.4 Å². The Morgan fingerprint density at radius 1 is 1.42 bits per heavy atom. The molecule has 0 saturated carbocycles. The summed E-state index contributed by atoms with van der Waals surface area (Å²) in [5.74, 6) is 0. The van der Waals surface area contributed by atoms with Gasteiger partial charge < -0.3 is 10.3 Å². The normalized spacial score (nSPS) is 12.1. The molecule has 1 heterocycles. The Morgan fingerprint density at radius 2 is 2.00 bits per heavy atom. The summed E-state index contributed by atoms with van der Waals surface area (Å²) in [5.41, 5.74) is 8.32. The summed E-state index contributed by atoms with van der Waals surface area (Å²) in [4.78, 5) is 0. The molecule has 0 saturated heterocycles. The highest BCUT2D eigenvalue weighted by molar-refractivity contribution is 5.18. The van der Waals surface area contributed by atoms with Crippen molar-refractivity contribution in [3.63, 3.8) is 0 Å². The fourth-order valence-corrected chi connectivity index (χ4v) is 1.49. The first-order valence-electron chi connectivity index (χ1n) is 4.33. The van der Waals surface area contributed by atoms with E-state index < -0.39 is 0 Å². The van der Waals surface area contributed by atoms with Crippen molar-refractivity contribution in [3.05, 3.63) is 23.5 Å². The van der Waals surface area contributed by atoms with Crippen LogP contribution in [0.1, 0.15) is 25.1 Å². The van der Waals surface area contributed by atoms with Crippen molar-refractivity contribution < 1.29 is 0 Å². The molecular formula is C10H18N2. The molecule has 0 spiro atoms. The van der Waals surface area contributed by atoms with Gasteiger partial charge in [-0.05, 0) is 39.3 Å². The molecule has 0 aromatic carbocycles. The van der Waals surface area contributed by atoms with Crippen LogP contribution in [-0.2, 0) is 5.54 Å². The van der Waals surface area contributed by atoms with Crippen LogP contribution in [0.5, 0.6) is 0 Å². The summed E-state index contributed by atoms with van der Waals surface area (Å²) in [5, 5.41) is 0. The molecule has 2 heteroatoms. The molecule has 0 unspecified atom stereocenters. The first-order chi connectivity index (χ1) is 5.47. The van der Waals surface area contributed by atoms with Crippen LogP contribution < -0.4 is 5.73 Å². The van der Waals surface area contributed by atoms with Gasteiger partial charge in [-0.1, -0.05) is 0 Å². The minimum Gasteiger partial charge on any atom is -0.345 e. The maximum atomic E-state index is 5.70. The lowest BCUT2D eigenvalue weighted by molar-refractivity contribution is 0.361. The molecular weight excluding hydrogens is 148 g/mol. The zero-order chi connectivity index (χ0) is 9.35. The summed E-state index contributed by atoms with van der Waals surface area (Å²) in [6.45, 7) is 9.20. The molecule has 68 valence electrons. The molecule has 0 amide bonds. The van der Waals surface area contributed by atoms with Gasteiger partial charge in [0.25, 0.3) is 0 Å². The summed E-state index contributed by atoms with van der Waals surface area (Å²) in [6, 6.07) is 2.18. The third-order valence-corrected chi connectivity index (χ3v) is 2.30. The number of nitrogens with zero attached hydrogens (tertiary/aromatic N) is 1. The minimum atomic E-state index is 0.0400. The number of hydrogen-bond acceptors (Lipinski definition) is 1. The first kappa shape index (κ1) is 9.33. The fourth-order valence-electron chi connectivity index (χ4n) is 1.49. The van der Waals surface area contributed by atoms with E-state index in [-0.39, 0.29) is 5.54 Å². The standard InChI is InChI=1S/C10H18N2/c1-8-5-9(2)12(6-8)10(3,4)7-11/h5-6H,7,11H2,1-4H3. The van der Waals surface area contributed by atoms with Gasteiger partial charge in [0.2, 0.25) is 0 Å². The molecule has 0 fully saturated rings. The zero-order valence-corrected chi connectivity index (χ0v) is 8.39. The van der Waals surface area contributed by atoms with E-state index in [2.05, 4.69) is 44.5 Å². The average Bonchev–Trinajstić information content (AvgIpc) is 2.31. The van der Waals surface area contributed by atoms with Gasteiger partial charge in [0, 0.05) is 18.4 Å². The number of hydrogen-bond donors (Lipinski definition) is 1. The molecule has 0 bridgehead atoms. The zero-order valence-electron chi connectivity index (χ0n) is 8.39. The molecule has 12 heavy (non-hydrogen) atoms. The third kappa shape index (κ3) is 1.53. The Bertz CT molecular complexity index is 271. The molecule has 0 aliphatic carbocycles. The van der Waals surface area contributed by atoms with Crippen molar-refractivity contribution in [2.24, 2.45) is 5.73 Å². The van der Waals surface area contributed by atoms with Crippen LogP contribution in [0.3, 0.4) is 0 Å². The van der Waals surface area contributed by atoms with Crippen LogP contribution in [0.2, 0.25) is 0 Å². The van der Waals surface area contributed by atoms with Crippen molar-refractivity contribution in [3.8, 4) is 0 Å². The van der Waals surface area contributed by atoms with E-state index in [1.54, 1.807) is 0 Å². The van der Waals surface area contributed by atoms with Crippen LogP contribution in [0.4, 0.5) is 0 Å². The molecule has 1 aromatic heterocycles. The number of nitrogens with two attached hydrogens (primary N) is 1. The Balaban J connectivity index is 3.09. The van der Waals surface area contributed by atoms with Gasteiger partial charge in [0.15, 0.2) is 0 Å². The van der Waals surface area contributed by atoms with Crippen LogP contribution in [0, 0.1) is 13.8 Å². The topological polar surface area (TPSA) is 30.9 Å². The molecule has 2 N–H and O–H groups in total. The lowest BCUT2D eigenvalue weighted by atomic mass is 10.1. The van der Waals surface area contributed by atoms with Gasteiger partial charge in [0.1, 0.15) is 0 Å². The highest BCUT2D eigenvalue weighted by Crippen LogP contribution is 2.18. The Morgan fingerprint density at radius 3 is 2.33 bits per heavy atom. The van der Waals surface area contributed by atoms with E-state index in [0.29, 0.717) is 6.54 Å². The van der Waals surface area contributed by atoms with E-state index in [1.165, 1.54) is 11.3 Å². The van der Waals surface area contributed by atoms with E-state index >= 15 is 0 Å². The molecule has 0 aliphatic rings. The van der Waals surface area contributed by atoms with Gasteiger partial charge in [-0.2, -0.15) is 0 Å². The van der Waals surface area contributed by atoms with Gasteiger partial charge >= 0.3 is 0 Å². The number of rotatable bonds is 2. The lowest BCUT2D eigenvalue weighted by Gasteiger charge is -2.26. The Kier molecular flexibility index (Phi) is 2.29. The predicted molar refractivity (Wildman–Crippen MR) is 52.3 cm³/mol. The van der Waals surface area contributed by atoms with E-state index in [9.17, 15) is 0 Å². The van der Waals surface area contributed by atoms with E-state index in [4.69, 9.17) is 5.73 Å². The highest BCUT2D eigenvalue weighted by Gasteiger charge is 2.18. The molecule has 0 atom stereocenters. The van der Waals surface area contributed by atoms with Crippen molar-refractivity contribution >= 4 is 0 Å². The summed E-state index contributed by atoms with van der Waals surface area (Å²) in [6.07, 6.45) is 2.15. The molecule has 2 nitrogen and oxygen atoms in total. The van der Waals surface area contributed by atoms with Gasteiger partial charge in [-0.15, -0.1) is 0 Å². The van der Waals surface area contributed by atoms with Crippen LogP contribution >= 0.6 is 0 Å². The van der Waals surface area contributed by atoms with Gasteiger partial charge in [-0.3, -0.25) is 0 Å². The Hall–Kier alpha value is -0.760. The van der Waals surface area contributed by atoms with Crippen molar-refractivity contribution in [2.45, 2.75) is 33.2 Å². The summed E-state index contributed by atoms with van der Waals surface area (Å²) < 4.78 is 2.24. The molecule has 0 radical (unpaired) electrons. The molecule has 1 aromatic rings. The van der Waals surface area contributed by atoms with Crippen LogP contribution in [0.25, 0.3) is 0 Å². The number of aryl methyl sites for hydroxylation is 2. The largest absolute Gasteiger partial charge is 0.345 e. The molecule has 1 rings (SSSR count). The summed E-state index contributed by atoms with van der Waals surface area (Å²) >= 11 is 0. The smallest absolute Gasteiger partial charge is 0.0508 e. The van der Waals surface area contributed by atoms with Crippen molar-refractivity contribution in [2.75, 3.05) is 6.54 Å². The SMILES string of the molecule is Cc1cc(C)n(C(C)(C)CN)c1. The maximum absolute atomic E-state index is 5.70. The average molecular weight is 166 g/mol. The monoisotopic (exact) mass is 166 g/mol. The fraction of sp³-hybridized carbons (Fsp3) is 0.600. The van der Waals surface area contributed by atoms with E-state index in [1.807, 2.05) is 0 Å². The van der Waals surface area contributed by atoms with E-state index in [0.717, 1.165) is 0 Å². The second kappa shape index (κ2) is 2.94. The van der Waals surface area contributed by atoms with Crippen LogP contribution in [-0.4, -0.2) is 11.1 Å². The van der Waals surface area contributed by atoms with Crippen LogP contribution in [0.15, 0.2) is 12.3 Å².